The van der Waals surface area contributed by atoms with Crippen molar-refractivity contribution < 1.29 is 29.1 Å². The Morgan fingerprint density at radius 2 is 1.66 bits per heavy atom. The molecule has 2 bridgehead atoms. The third-order valence-corrected chi connectivity index (χ3v) is 12.8. The summed E-state index contributed by atoms with van der Waals surface area (Å²) in [5.41, 5.74) is 11.0. The second-order valence-corrected chi connectivity index (χ2v) is 14.9. The monoisotopic (exact) mass is 471 g/mol. The Kier molecular flexibility index (Phi) is 4.60. The number of hydrogen-bond acceptors (Lipinski definition) is 1. The summed E-state index contributed by atoms with van der Waals surface area (Å²) in [6, 6.07) is 19.5. The summed E-state index contributed by atoms with van der Waals surface area (Å²) in [6.45, 7) is 9.38. The van der Waals surface area contributed by atoms with Gasteiger partial charge in [0, 0.05) is 11.1 Å². The average Bonchev–Trinajstić information content (AvgIpc) is 3.40. The molecule has 2 aromatic carbocycles. The summed E-state index contributed by atoms with van der Waals surface area (Å²) in [6.07, 6.45) is 4.19. The summed E-state index contributed by atoms with van der Waals surface area (Å²) in [7, 11) is -1.08. The van der Waals surface area contributed by atoms with Gasteiger partial charge in [-0.2, -0.15) is 0 Å². The van der Waals surface area contributed by atoms with Crippen LogP contribution in [0, 0.1) is 0 Å². The molecule has 3 heterocycles. The van der Waals surface area contributed by atoms with E-state index in [-0.39, 0.29) is 0 Å². The van der Waals surface area contributed by atoms with Gasteiger partial charge in [-0.25, -0.2) is 0 Å². The molecule has 29 heavy (non-hydrogen) atoms. The molecule has 0 fully saturated rings. The van der Waals surface area contributed by atoms with E-state index in [9.17, 15) is 0 Å². The van der Waals surface area contributed by atoms with Gasteiger partial charge in [0.2, 0.25) is 0 Å². The fraction of sp³-hybridized carbons (Fsp3) is 0.231. The first-order chi connectivity index (χ1) is 13.9. The summed E-state index contributed by atoms with van der Waals surface area (Å²) in [5.74, 6) is 1.22. The Labute approximate surface area is 189 Å². The van der Waals surface area contributed by atoms with Gasteiger partial charge in [-0.3, -0.25) is 0 Å². The molecule has 0 amide bonds. The number of furan rings is 1. The molecule has 1 aromatic heterocycles. The van der Waals surface area contributed by atoms with Crippen LogP contribution in [0.25, 0.3) is 22.4 Å². The molecule has 0 saturated heterocycles. The SMILES string of the molecule is CC1=C2c3occc3C1[Si]2(C)C.CC1=Cc2c(-c3ccccc3)cccc2[CH]1[Zr]. The van der Waals surface area contributed by atoms with Gasteiger partial charge in [-0.15, -0.1) is 0 Å². The van der Waals surface area contributed by atoms with Gasteiger partial charge in [-0.05, 0) is 18.2 Å². The molecular formula is C26H25OSiZr. The number of benzene rings is 2. The van der Waals surface area contributed by atoms with E-state index < -0.39 is 8.07 Å². The molecule has 143 valence electrons. The molecule has 2 aliphatic heterocycles. The van der Waals surface area contributed by atoms with Crippen molar-refractivity contribution in [3.05, 3.63) is 94.5 Å². The Morgan fingerprint density at radius 1 is 0.897 bits per heavy atom. The van der Waals surface area contributed by atoms with Crippen molar-refractivity contribution >= 4 is 19.3 Å². The van der Waals surface area contributed by atoms with Crippen molar-refractivity contribution in [1.82, 2.24) is 0 Å². The Balaban J connectivity index is 0.000000132. The van der Waals surface area contributed by atoms with Crippen LogP contribution < -0.4 is 0 Å². The van der Waals surface area contributed by atoms with Crippen LogP contribution in [0.5, 0.6) is 0 Å². The van der Waals surface area contributed by atoms with Crippen LogP contribution in [0.2, 0.25) is 13.1 Å². The van der Waals surface area contributed by atoms with Crippen molar-refractivity contribution in [2.75, 3.05) is 0 Å². The van der Waals surface area contributed by atoms with Crippen LogP contribution in [0.3, 0.4) is 0 Å². The fourth-order valence-electron chi connectivity index (χ4n) is 5.53. The Bertz CT molecular complexity index is 1170. The molecule has 0 N–H and O–H groups in total. The summed E-state index contributed by atoms with van der Waals surface area (Å²) >= 11 is 1.58. The maximum absolute atomic E-state index is 5.51. The van der Waals surface area contributed by atoms with Crippen molar-refractivity contribution in [2.24, 2.45) is 0 Å². The Hall–Kier alpha value is -1.70. The summed E-state index contributed by atoms with van der Waals surface area (Å²) in [4.78, 5) is 0. The molecule has 3 aromatic rings. The third kappa shape index (κ3) is 2.81. The number of hydrogen-bond donors (Lipinski definition) is 0. The second-order valence-electron chi connectivity index (χ2n) is 8.91. The van der Waals surface area contributed by atoms with Crippen molar-refractivity contribution in [2.45, 2.75) is 36.1 Å². The molecule has 0 radical (unpaired) electrons. The van der Waals surface area contributed by atoms with Crippen LogP contribution in [0.4, 0.5) is 0 Å². The normalized spacial score (nSPS) is 22.2. The molecule has 0 saturated carbocycles. The van der Waals surface area contributed by atoms with Gasteiger partial charge in [0.1, 0.15) is 5.76 Å². The van der Waals surface area contributed by atoms with Gasteiger partial charge >= 0.3 is 118 Å². The number of rotatable bonds is 1. The molecule has 2 aliphatic carbocycles. The quantitative estimate of drug-likeness (QED) is 0.338. The van der Waals surface area contributed by atoms with Crippen molar-refractivity contribution in [3.8, 4) is 11.1 Å². The maximum atomic E-state index is 5.51. The third-order valence-electron chi connectivity index (χ3n) is 6.79. The van der Waals surface area contributed by atoms with E-state index in [4.69, 9.17) is 4.42 Å². The molecule has 4 aliphatic rings. The zero-order chi connectivity index (χ0) is 20.3. The molecule has 3 heteroatoms. The molecule has 0 spiro atoms. The molecular weight excluding hydrogens is 448 g/mol. The predicted molar refractivity (Wildman–Crippen MR) is 120 cm³/mol. The molecule has 7 rings (SSSR count). The number of fused-ring (bicyclic) bond motifs is 1. The van der Waals surface area contributed by atoms with Crippen molar-refractivity contribution in [3.63, 3.8) is 0 Å². The van der Waals surface area contributed by atoms with E-state index in [0.29, 0.717) is 3.63 Å². The van der Waals surface area contributed by atoms with E-state index in [0.717, 1.165) is 5.54 Å². The first-order valence-corrected chi connectivity index (χ1v) is 14.8. The van der Waals surface area contributed by atoms with E-state index in [1.165, 1.54) is 39.2 Å². The van der Waals surface area contributed by atoms with E-state index in [1.54, 1.807) is 35.5 Å². The standard InChI is InChI=1S/C16H13.C10H12OSi.Zr/c1-12-10-14-8-5-9-15(16(14)11-12)13-6-3-2-4-7-13;1-6-9-7-4-5-11-8(7)10(6)12(9,2)3;/h2-11H,1H3;4-5,9H,1-3H3;. The fourth-order valence-corrected chi connectivity index (χ4v) is 10.6. The minimum atomic E-state index is -1.08. The Morgan fingerprint density at radius 3 is 2.34 bits per heavy atom. The van der Waals surface area contributed by atoms with Crippen LogP contribution in [0.1, 0.15) is 45.5 Å². The zero-order valence-electron chi connectivity index (χ0n) is 17.4. The van der Waals surface area contributed by atoms with Gasteiger partial charge in [0.15, 0.2) is 0 Å². The van der Waals surface area contributed by atoms with Gasteiger partial charge in [0.05, 0.1) is 14.3 Å². The second kappa shape index (κ2) is 6.93. The topological polar surface area (TPSA) is 13.1 Å². The van der Waals surface area contributed by atoms with Crippen molar-refractivity contribution in [1.29, 1.82) is 0 Å². The average molecular weight is 473 g/mol. The summed E-state index contributed by atoms with van der Waals surface area (Å²) < 4.78 is 6.17. The molecule has 1 nitrogen and oxygen atoms in total. The van der Waals surface area contributed by atoms with E-state index >= 15 is 0 Å². The minimum absolute atomic E-state index is 0.654. The summed E-state index contributed by atoms with van der Waals surface area (Å²) in [5, 5.41) is 1.59. The van der Waals surface area contributed by atoms with Crippen LogP contribution in [0.15, 0.2) is 76.4 Å². The van der Waals surface area contributed by atoms with Gasteiger partial charge < -0.3 is 4.42 Å². The number of allylic oxidation sites excluding steroid dienone is 2. The first kappa shape index (κ1) is 19.3. The van der Waals surface area contributed by atoms with Crippen LogP contribution >= 0.6 is 0 Å². The van der Waals surface area contributed by atoms with Gasteiger partial charge in [0.25, 0.3) is 0 Å². The van der Waals surface area contributed by atoms with Gasteiger partial charge in [-0.1, -0.05) is 18.7 Å². The zero-order valence-corrected chi connectivity index (χ0v) is 20.9. The first-order valence-electron chi connectivity index (χ1n) is 10.3. The predicted octanol–water partition coefficient (Wildman–Crippen LogP) is 7.31. The van der Waals surface area contributed by atoms with E-state index in [2.05, 4.69) is 87.6 Å². The molecule has 2 unspecified atom stereocenters. The van der Waals surface area contributed by atoms with Crippen LogP contribution in [-0.4, -0.2) is 8.07 Å². The van der Waals surface area contributed by atoms with E-state index in [1.807, 2.05) is 6.26 Å². The van der Waals surface area contributed by atoms with Crippen LogP contribution in [-0.2, 0) is 24.7 Å². The molecule has 2 atom stereocenters.